The van der Waals surface area contributed by atoms with Crippen LogP contribution in [0.5, 0.6) is 0 Å². The number of hydrogen-bond donors (Lipinski definition) is 0. The average Bonchev–Trinajstić information content (AvgIpc) is 1.56. The summed E-state index contributed by atoms with van der Waals surface area (Å²) in [5, 5.41) is 3.52. The Morgan fingerprint density at radius 1 is 0.374 bits per heavy atom. The maximum Gasteiger partial charge on any atom is 0.252 e. The van der Waals surface area contributed by atoms with Gasteiger partial charge in [0.2, 0.25) is 0 Å². The second-order valence-electron chi connectivity index (χ2n) is 32.0. The van der Waals surface area contributed by atoms with Crippen molar-refractivity contribution in [3.63, 3.8) is 0 Å². The van der Waals surface area contributed by atoms with E-state index in [0.29, 0.717) is 0 Å². The Hall–Kier alpha value is -9.00. The quantitative estimate of drug-likeness (QED) is 0.149. The van der Waals surface area contributed by atoms with E-state index in [0.717, 1.165) is 73.1 Å². The fraction of sp³-hybridized carbons (Fsp3) is 0.271. The molecule has 0 radical (unpaired) electrons. The molecule has 4 heterocycles. The molecule has 0 unspecified atom stereocenters. The number of aromatic nitrogens is 1. The minimum Gasteiger partial charge on any atom is -0.454 e. The summed E-state index contributed by atoms with van der Waals surface area (Å²) >= 11 is 0. The molecule has 0 spiro atoms. The van der Waals surface area contributed by atoms with Gasteiger partial charge in [-0.25, -0.2) is 0 Å². The van der Waals surface area contributed by atoms with Gasteiger partial charge in [-0.2, -0.15) is 0 Å². The zero-order valence-electron chi connectivity index (χ0n) is 56.4. The van der Waals surface area contributed by atoms with Gasteiger partial charge in [0.15, 0.2) is 5.58 Å². The minimum atomic E-state index is -0.283. The molecule has 0 saturated carbocycles. The number of hydrogen-bond acceptors (Lipinski definition) is 4. The fourth-order valence-electron chi connectivity index (χ4n) is 15.2. The monoisotopic (exact) mass is 1190 g/mol. The highest BCUT2D eigenvalue weighted by molar-refractivity contribution is 7.00. The summed E-state index contributed by atoms with van der Waals surface area (Å²) < 4.78 is 9.96. The van der Waals surface area contributed by atoms with Crippen LogP contribution in [0, 0.1) is 0 Å². The lowest BCUT2D eigenvalue weighted by molar-refractivity contribution is 0.590. The Kier molecular flexibility index (Phi) is 12.8. The van der Waals surface area contributed by atoms with Gasteiger partial charge in [-0.3, -0.25) is 0 Å². The maximum absolute atomic E-state index is 7.25. The zero-order chi connectivity index (χ0) is 63.8. The van der Waals surface area contributed by atoms with Gasteiger partial charge < -0.3 is 23.7 Å². The van der Waals surface area contributed by atoms with Gasteiger partial charge in [-0.05, 0) is 173 Å². The van der Waals surface area contributed by atoms with Crippen LogP contribution in [0.3, 0.4) is 0 Å². The van der Waals surface area contributed by atoms with Crippen LogP contribution in [-0.2, 0) is 32.5 Å². The van der Waals surface area contributed by atoms with E-state index >= 15 is 0 Å². The summed E-state index contributed by atoms with van der Waals surface area (Å²) in [6.07, 6.45) is 0. The van der Waals surface area contributed by atoms with E-state index in [2.05, 4.69) is 343 Å². The summed E-state index contributed by atoms with van der Waals surface area (Å²) in [7, 11) is 0. The molecule has 1 aliphatic carbocycles. The van der Waals surface area contributed by atoms with Crippen molar-refractivity contribution < 1.29 is 4.42 Å². The van der Waals surface area contributed by atoms with Crippen molar-refractivity contribution in [2.45, 2.75) is 150 Å². The average molecular weight is 1190 g/mol. The molecule has 3 aliphatic rings. The molecule has 0 atom stereocenters. The van der Waals surface area contributed by atoms with Crippen molar-refractivity contribution in [2.24, 2.45) is 0 Å². The molecule has 10 aromatic carbocycles. The van der Waals surface area contributed by atoms with E-state index in [9.17, 15) is 0 Å². The first-order valence-electron chi connectivity index (χ1n) is 32.9. The standard InChI is InChI=1S/C85H85BN4O/c1-80(2,3)52-29-37-57(38-30-52)87(58-39-31-53(32-40-58)81(4,5)6)61-45-46-68-71(49-61)89(70-27-22-25-64-63-23-19-21-28-74(63)91-79(64)70)72-50-62(88(59-41-33-54(34-42-59)82(7,8)9)60-43-35-55(36-44-60)83(10,11)12)51-73-76(72)86(68)69-48-56(84(13,14)15)47-66-75-78(90(73)77(66)69)65-24-18-20-26-67(65)85(75,16)17/h18-51H,1-17H3. The Morgan fingerprint density at radius 2 is 0.835 bits per heavy atom. The van der Waals surface area contributed by atoms with Crippen molar-refractivity contribution in [1.29, 1.82) is 0 Å². The number of furan rings is 1. The highest BCUT2D eigenvalue weighted by atomic mass is 16.3. The molecule has 15 rings (SSSR count). The van der Waals surface area contributed by atoms with Crippen molar-refractivity contribution in [3.8, 4) is 16.9 Å². The van der Waals surface area contributed by atoms with Crippen LogP contribution in [-0.4, -0.2) is 11.3 Å². The smallest absolute Gasteiger partial charge is 0.252 e. The van der Waals surface area contributed by atoms with Crippen LogP contribution < -0.4 is 31.1 Å². The number of fused-ring (bicyclic) bond motifs is 12. The summed E-state index contributed by atoms with van der Waals surface area (Å²) in [4.78, 5) is 7.57. The molecular weight excluding hydrogens is 1100 g/mol. The van der Waals surface area contributed by atoms with Crippen LogP contribution in [0.4, 0.5) is 51.2 Å². The van der Waals surface area contributed by atoms with Gasteiger partial charge in [-0.15, -0.1) is 0 Å². The molecule has 91 heavy (non-hydrogen) atoms. The Balaban J connectivity index is 1.10. The summed E-state index contributed by atoms with van der Waals surface area (Å²) in [6, 6.07) is 79.3. The summed E-state index contributed by atoms with van der Waals surface area (Å²) in [5.41, 5.74) is 29.1. The molecule has 12 aromatic rings. The van der Waals surface area contributed by atoms with Gasteiger partial charge in [0.05, 0.1) is 17.1 Å². The number of anilines is 9. The normalized spacial score (nSPS) is 14.3. The molecule has 0 amide bonds. The zero-order valence-corrected chi connectivity index (χ0v) is 56.4. The molecule has 0 saturated heterocycles. The second-order valence-corrected chi connectivity index (χ2v) is 32.0. The molecule has 454 valence electrons. The Labute approximate surface area is 540 Å². The van der Waals surface area contributed by atoms with Crippen molar-refractivity contribution in [2.75, 3.05) is 14.7 Å². The first kappa shape index (κ1) is 58.4. The van der Waals surface area contributed by atoms with Crippen molar-refractivity contribution in [3.05, 3.63) is 245 Å². The number of nitrogens with zero attached hydrogens (tertiary/aromatic N) is 4. The van der Waals surface area contributed by atoms with Gasteiger partial charge in [0, 0.05) is 78.2 Å². The first-order chi connectivity index (χ1) is 43.1. The lowest BCUT2D eigenvalue weighted by Crippen LogP contribution is -2.60. The van der Waals surface area contributed by atoms with E-state index in [1.54, 1.807) is 0 Å². The molecule has 2 aliphatic heterocycles. The SMILES string of the molecule is CC(C)(C)c1ccc(N(c2ccc(C(C)(C)C)cc2)c2ccc3c(c2)N(c2cccc4c2oc2ccccc24)c2cc(N(c4ccc(C(C)(C)C)cc4)c4ccc(C(C)(C)C)cc4)cc4c2B3c2cc(C(C)(C)C)cc3c5c(n-4c23)-c2ccccc2C5(C)C)cc1. The van der Waals surface area contributed by atoms with E-state index in [4.69, 9.17) is 4.42 Å². The Morgan fingerprint density at radius 3 is 1.37 bits per heavy atom. The molecule has 0 N–H and O–H groups in total. The van der Waals surface area contributed by atoms with Gasteiger partial charge >= 0.3 is 0 Å². The number of rotatable bonds is 7. The topological polar surface area (TPSA) is 27.8 Å². The lowest BCUT2D eigenvalue weighted by Gasteiger charge is -2.42. The van der Waals surface area contributed by atoms with E-state index < -0.39 is 0 Å². The molecule has 0 fully saturated rings. The van der Waals surface area contributed by atoms with Gasteiger partial charge in [0.25, 0.3) is 6.71 Å². The Bertz CT molecular complexity index is 4790. The van der Waals surface area contributed by atoms with Gasteiger partial charge in [-0.1, -0.05) is 233 Å². The van der Waals surface area contributed by atoms with E-state index in [1.807, 2.05) is 0 Å². The van der Waals surface area contributed by atoms with Crippen LogP contribution in [0.1, 0.15) is 157 Å². The molecule has 5 nitrogen and oxygen atoms in total. The summed E-state index contributed by atoms with van der Waals surface area (Å²) in [5.74, 6) is 0. The molecular formula is C85H85BN4O. The predicted molar refractivity (Wildman–Crippen MR) is 390 cm³/mol. The minimum absolute atomic E-state index is 0.0109. The fourth-order valence-corrected chi connectivity index (χ4v) is 15.2. The molecule has 0 bridgehead atoms. The van der Waals surface area contributed by atoms with Crippen LogP contribution in [0.25, 0.3) is 49.8 Å². The maximum atomic E-state index is 7.25. The van der Waals surface area contributed by atoms with Crippen molar-refractivity contribution >= 4 is 107 Å². The number of benzene rings is 10. The van der Waals surface area contributed by atoms with Crippen molar-refractivity contribution in [1.82, 2.24) is 4.57 Å². The summed E-state index contributed by atoms with van der Waals surface area (Å²) in [6.45, 7) is 39.5. The second kappa shape index (κ2) is 20.0. The van der Waals surface area contributed by atoms with Gasteiger partial charge in [0.1, 0.15) is 5.58 Å². The van der Waals surface area contributed by atoms with E-state index in [-0.39, 0.29) is 39.2 Å². The highest BCUT2D eigenvalue weighted by Crippen LogP contribution is 2.57. The third kappa shape index (κ3) is 9.23. The largest absolute Gasteiger partial charge is 0.454 e. The highest BCUT2D eigenvalue weighted by Gasteiger charge is 2.48. The van der Waals surface area contributed by atoms with E-state index in [1.165, 1.54) is 83.2 Å². The van der Waals surface area contributed by atoms with Crippen LogP contribution in [0.2, 0.25) is 0 Å². The third-order valence-electron chi connectivity index (χ3n) is 20.3. The molecule has 6 heteroatoms. The third-order valence-corrected chi connectivity index (χ3v) is 20.3. The number of para-hydroxylation sites is 2. The first-order valence-corrected chi connectivity index (χ1v) is 32.9. The van der Waals surface area contributed by atoms with Crippen LogP contribution >= 0.6 is 0 Å². The van der Waals surface area contributed by atoms with Crippen LogP contribution in [0.15, 0.2) is 211 Å². The lowest BCUT2D eigenvalue weighted by atomic mass is 9.33. The molecule has 2 aromatic heterocycles. The predicted octanol–water partition coefficient (Wildman–Crippen LogP) is 21.9.